The number of ketones is 2. The van der Waals surface area contributed by atoms with Crippen LogP contribution in [-0.4, -0.2) is 34.7 Å². The summed E-state index contributed by atoms with van der Waals surface area (Å²) in [5, 5.41) is 15.2. The standard InChI is InChI=1S/C27H32N2O5/c1-26(2)12-18(28-16-8-6-7-9-22(16)33-5)24(20(31)13-26)19(30)11-10-17-25-21(32)14-27(3,4)15-23(25)34-29-17/h6-9,30H,10-15H2,1-5H3. The first-order valence-electron chi connectivity index (χ1n) is 11.7. The Bertz CT molecular complexity index is 1200. The quantitative estimate of drug-likeness (QED) is 0.447. The number of benzene rings is 1. The average molecular weight is 465 g/mol. The molecule has 2 aromatic rings. The summed E-state index contributed by atoms with van der Waals surface area (Å²) < 4.78 is 10.9. The van der Waals surface area contributed by atoms with Gasteiger partial charge in [0.1, 0.15) is 23.0 Å². The molecule has 0 amide bonds. The number of carbonyl (C=O) groups is 2. The Morgan fingerprint density at radius 1 is 1.06 bits per heavy atom. The highest BCUT2D eigenvalue weighted by Crippen LogP contribution is 2.39. The number of aliphatic hydroxyl groups excluding tert-OH is 1. The van der Waals surface area contributed by atoms with E-state index in [0.717, 1.165) is 0 Å². The van der Waals surface area contributed by atoms with Crippen LogP contribution in [0.25, 0.3) is 0 Å². The van der Waals surface area contributed by atoms with Crippen LogP contribution in [0.15, 0.2) is 45.1 Å². The second-order valence-electron chi connectivity index (χ2n) is 10.9. The van der Waals surface area contributed by atoms with Gasteiger partial charge in [0.05, 0.1) is 29.7 Å². The maximum atomic E-state index is 13.1. The second kappa shape index (κ2) is 8.85. The number of carbonyl (C=O) groups excluding carboxylic acids is 2. The number of para-hydroxylation sites is 2. The summed E-state index contributed by atoms with van der Waals surface area (Å²) in [5.74, 6) is 1.05. The van der Waals surface area contributed by atoms with E-state index in [1.807, 2.05) is 52.0 Å². The topological polar surface area (TPSA) is 102 Å². The molecule has 0 atom stereocenters. The first-order valence-corrected chi connectivity index (χ1v) is 11.7. The minimum atomic E-state index is -0.272. The Labute approximate surface area is 199 Å². The largest absolute Gasteiger partial charge is 0.511 e. The monoisotopic (exact) mass is 464 g/mol. The van der Waals surface area contributed by atoms with Gasteiger partial charge in [-0.1, -0.05) is 45.0 Å². The predicted molar refractivity (Wildman–Crippen MR) is 129 cm³/mol. The normalized spacial score (nSPS) is 22.0. The number of aromatic nitrogens is 1. The summed E-state index contributed by atoms with van der Waals surface area (Å²) in [7, 11) is 1.57. The summed E-state index contributed by atoms with van der Waals surface area (Å²) in [6.45, 7) is 8.10. The molecule has 0 bridgehead atoms. The molecule has 7 heteroatoms. The third-order valence-corrected chi connectivity index (χ3v) is 6.47. The van der Waals surface area contributed by atoms with Crippen LogP contribution in [-0.2, 0) is 17.6 Å². The van der Waals surface area contributed by atoms with Gasteiger partial charge in [-0.25, -0.2) is 4.99 Å². The lowest BCUT2D eigenvalue weighted by atomic mass is 9.73. The van der Waals surface area contributed by atoms with E-state index in [-0.39, 0.29) is 40.1 Å². The number of nitrogens with zero attached hydrogens (tertiary/aromatic N) is 2. The zero-order valence-corrected chi connectivity index (χ0v) is 20.5. The van der Waals surface area contributed by atoms with Crippen molar-refractivity contribution in [3.8, 4) is 5.75 Å². The summed E-state index contributed by atoms with van der Waals surface area (Å²) in [6.07, 6.45) is 2.43. The number of methoxy groups -OCH3 is 1. The molecule has 1 N–H and O–H groups in total. The predicted octanol–water partition coefficient (Wildman–Crippen LogP) is 5.74. The van der Waals surface area contributed by atoms with E-state index in [1.54, 1.807) is 7.11 Å². The molecule has 1 saturated carbocycles. The van der Waals surface area contributed by atoms with Gasteiger partial charge in [0.2, 0.25) is 0 Å². The minimum absolute atomic E-state index is 0.0172. The Balaban J connectivity index is 1.65. The first kappa shape index (κ1) is 23.9. The van der Waals surface area contributed by atoms with Crippen LogP contribution < -0.4 is 4.74 Å². The van der Waals surface area contributed by atoms with Crippen molar-refractivity contribution in [2.75, 3.05) is 7.11 Å². The Kier molecular flexibility index (Phi) is 6.23. The molecular weight excluding hydrogens is 432 g/mol. The van der Waals surface area contributed by atoms with Crippen LogP contribution in [0.3, 0.4) is 0 Å². The molecule has 180 valence electrons. The number of hydrogen-bond donors (Lipinski definition) is 1. The summed E-state index contributed by atoms with van der Waals surface area (Å²) in [6, 6.07) is 7.34. The molecule has 7 nitrogen and oxygen atoms in total. The summed E-state index contributed by atoms with van der Waals surface area (Å²) in [4.78, 5) is 30.6. The SMILES string of the molecule is COc1ccccc1N=C1CC(C)(C)CC(=O)C1=C(O)CCc1noc2c1C(=O)CC(C)(C)C2. The molecule has 1 aromatic carbocycles. The smallest absolute Gasteiger partial charge is 0.168 e. The Morgan fingerprint density at radius 2 is 1.74 bits per heavy atom. The number of aliphatic imine (C=N–C) groups is 1. The number of aliphatic hydroxyl groups is 1. The summed E-state index contributed by atoms with van der Waals surface area (Å²) >= 11 is 0. The zero-order valence-electron chi connectivity index (χ0n) is 20.5. The van der Waals surface area contributed by atoms with Crippen LogP contribution in [0.4, 0.5) is 5.69 Å². The third kappa shape index (κ3) is 4.83. The molecule has 0 aliphatic heterocycles. The molecule has 0 spiro atoms. The number of aryl methyl sites for hydroxylation is 1. The maximum absolute atomic E-state index is 13.1. The van der Waals surface area contributed by atoms with E-state index in [9.17, 15) is 14.7 Å². The molecule has 1 aromatic heterocycles. The number of hydrogen-bond acceptors (Lipinski definition) is 7. The van der Waals surface area contributed by atoms with Crippen molar-refractivity contribution >= 4 is 23.0 Å². The fraction of sp³-hybridized carbons (Fsp3) is 0.481. The van der Waals surface area contributed by atoms with Crippen LogP contribution in [0, 0.1) is 10.8 Å². The first-order chi connectivity index (χ1) is 16.0. The van der Waals surface area contributed by atoms with Crippen molar-refractivity contribution in [3.05, 3.63) is 52.6 Å². The molecule has 0 unspecified atom stereocenters. The molecule has 1 heterocycles. The van der Waals surface area contributed by atoms with Crippen molar-refractivity contribution < 1.29 is 24.0 Å². The van der Waals surface area contributed by atoms with Crippen molar-refractivity contribution in [2.24, 2.45) is 15.8 Å². The molecule has 4 rings (SSSR count). The second-order valence-corrected chi connectivity index (χ2v) is 10.9. The molecule has 0 saturated heterocycles. The van der Waals surface area contributed by atoms with Gasteiger partial charge in [-0.2, -0.15) is 0 Å². The van der Waals surface area contributed by atoms with Gasteiger partial charge >= 0.3 is 0 Å². The molecular formula is C27H32N2O5. The average Bonchev–Trinajstić information content (AvgIpc) is 3.13. The van der Waals surface area contributed by atoms with Gasteiger partial charge in [0.25, 0.3) is 0 Å². The number of Topliss-reactive ketones (excluding diaryl/α,β-unsaturated/α-hetero) is 2. The van der Waals surface area contributed by atoms with E-state index < -0.39 is 0 Å². The van der Waals surface area contributed by atoms with Crippen molar-refractivity contribution in [2.45, 2.75) is 66.2 Å². The fourth-order valence-electron chi connectivity index (χ4n) is 4.93. The molecule has 1 fully saturated rings. The lowest BCUT2D eigenvalue weighted by Crippen LogP contribution is -2.32. The highest BCUT2D eigenvalue weighted by atomic mass is 16.5. The Hall–Kier alpha value is -3.22. The highest BCUT2D eigenvalue weighted by Gasteiger charge is 2.38. The lowest BCUT2D eigenvalue weighted by Gasteiger charge is -2.31. The van der Waals surface area contributed by atoms with E-state index >= 15 is 0 Å². The van der Waals surface area contributed by atoms with Crippen molar-refractivity contribution in [1.82, 2.24) is 5.16 Å². The number of ether oxygens (including phenoxy) is 1. The van der Waals surface area contributed by atoms with Gasteiger partial charge in [0, 0.05) is 32.1 Å². The molecule has 2 aliphatic rings. The van der Waals surface area contributed by atoms with Crippen LogP contribution >= 0.6 is 0 Å². The maximum Gasteiger partial charge on any atom is 0.168 e. The Morgan fingerprint density at radius 3 is 2.47 bits per heavy atom. The number of rotatable bonds is 5. The van der Waals surface area contributed by atoms with Gasteiger partial charge in [-0.05, 0) is 29.4 Å². The number of allylic oxidation sites excluding steroid dienone is 2. The van der Waals surface area contributed by atoms with E-state index in [1.165, 1.54) is 0 Å². The highest BCUT2D eigenvalue weighted by molar-refractivity contribution is 6.25. The van der Waals surface area contributed by atoms with Gasteiger partial charge in [-0.15, -0.1) is 0 Å². The van der Waals surface area contributed by atoms with Crippen LogP contribution in [0.2, 0.25) is 0 Å². The number of fused-ring (bicyclic) bond motifs is 1. The minimum Gasteiger partial charge on any atom is -0.511 e. The summed E-state index contributed by atoms with van der Waals surface area (Å²) in [5.41, 5.74) is 2.06. The molecule has 0 radical (unpaired) electrons. The molecule has 34 heavy (non-hydrogen) atoms. The lowest BCUT2D eigenvalue weighted by molar-refractivity contribution is -0.117. The van der Waals surface area contributed by atoms with Crippen LogP contribution in [0.5, 0.6) is 5.75 Å². The van der Waals surface area contributed by atoms with Gasteiger partial charge in [0.15, 0.2) is 11.6 Å². The van der Waals surface area contributed by atoms with Gasteiger partial charge < -0.3 is 14.4 Å². The van der Waals surface area contributed by atoms with Gasteiger partial charge in [-0.3, -0.25) is 9.59 Å². The van der Waals surface area contributed by atoms with Crippen LogP contribution in [0.1, 0.15) is 75.2 Å². The third-order valence-electron chi connectivity index (χ3n) is 6.47. The molecule has 2 aliphatic carbocycles. The fourth-order valence-corrected chi connectivity index (χ4v) is 4.93. The van der Waals surface area contributed by atoms with E-state index in [4.69, 9.17) is 14.3 Å². The van der Waals surface area contributed by atoms with E-state index in [2.05, 4.69) is 5.16 Å². The zero-order chi connectivity index (χ0) is 24.7. The van der Waals surface area contributed by atoms with Crippen molar-refractivity contribution in [3.63, 3.8) is 0 Å². The van der Waals surface area contributed by atoms with Crippen molar-refractivity contribution in [1.29, 1.82) is 0 Å². The van der Waals surface area contributed by atoms with E-state index in [0.29, 0.717) is 66.3 Å².